The van der Waals surface area contributed by atoms with Crippen LogP contribution in [-0.2, 0) is 6.42 Å². The van der Waals surface area contributed by atoms with Gasteiger partial charge in [0.25, 0.3) is 0 Å². The van der Waals surface area contributed by atoms with Crippen molar-refractivity contribution in [1.29, 1.82) is 5.26 Å². The molecule has 2 rings (SSSR count). The van der Waals surface area contributed by atoms with Crippen LogP contribution >= 0.6 is 0 Å². The van der Waals surface area contributed by atoms with E-state index in [1.165, 1.54) is 5.56 Å². The van der Waals surface area contributed by atoms with Gasteiger partial charge in [0.15, 0.2) is 0 Å². The first-order valence-electron chi connectivity index (χ1n) is 7.44. The van der Waals surface area contributed by atoms with Crippen LogP contribution in [0.25, 0.3) is 11.4 Å². The number of aromatic nitrogens is 1. The van der Waals surface area contributed by atoms with Crippen molar-refractivity contribution in [2.75, 3.05) is 14.1 Å². The first-order valence-corrected chi connectivity index (χ1v) is 7.44. The quantitative estimate of drug-likeness (QED) is 0.793. The average molecular weight is 304 g/mol. The summed E-state index contributed by atoms with van der Waals surface area (Å²) in [5.74, 6) is 0. The van der Waals surface area contributed by atoms with E-state index in [2.05, 4.69) is 54.0 Å². The van der Waals surface area contributed by atoms with Crippen molar-refractivity contribution in [3.63, 3.8) is 0 Å². The molecule has 23 heavy (non-hydrogen) atoms. The van der Waals surface area contributed by atoms with Gasteiger partial charge in [-0.15, -0.1) is 0 Å². The second-order valence-corrected chi connectivity index (χ2v) is 5.34. The predicted molar refractivity (Wildman–Crippen MR) is 94.8 cm³/mol. The molecule has 1 aromatic carbocycles. The van der Waals surface area contributed by atoms with Gasteiger partial charge in [-0.1, -0.05) is 31.2 Å². The van der Waals surface area contributed by atoms with Gasteiger partial charge in [0, 0.05) is 25.9 Å². The van der Waals surface area contributed by atoms with Crippen LogP contribution in [0, 0.1) is 11.3 Å². The maximum absolute atomic E-state index is 9.09. The van der Waals surface area contributed by atoms with Gasteiger partial charge in [-0.05, 0) is 30.8 Å². The van der Waals surface area contributed by atoms with E-state index in [1.54, 1.807) is 18.3 Å². The lowest BCUT2D eigenvalue weighted by molar-refractivity contribution is 0.592. The molecule has 0 saturated carbocycles. The molecule has 4 nitrogen and oxygen atoms in total. The number of pyridine rings is 1. The monoisotopic (exact) mass is 304 g/mol. The molecule has 2 aromatic rings. The van der Waals surface area contributed by atoms with E-state index in [1.807, 2.05) is 19.0 Å². The number of nitrogens with zero attached hydrogens (tertiary/aromatic N) is 4. The fourth-order valence-corrected chi connectivity index (χ4v) is 2.41. The minimum absolute atomic E-state index is 0.551. The number of aryl methyl sites for hydroxylation is 1. The Bertz CT molecular complexity index is 765. The third kappa shape index (κ3) is 3.64. The van der Waals surface area contributed by atoms with Crippen LogP contribution in [0.5, 0.6) is 0 Å². The molecule has 0 amide bonds. The molecule has 0 aliphatic heterocycles. The van der Waals surface area contributed by atoms with Gasteiger partial charge in [-0.2, -0.15) is 5.26 Å². The first-order chi connectivity index (χ1) is 11.1. The molecule has 0 saturated heterocycles. The van der Waals surface area contributed by atoms with Gasteiger partial charge < -0.3 is 4.90 Å². The molecule has 0 radical (unpaired) electrons. The zero-order chi connectivity index (χ0) is 16.8. The third-order valence-corrected chi connectivity index (χ3v) is 3.60. The van der Waals surface area contributed by atoms with E-state index >= 15 is 0 Å². The largest absolute Gasteiger partial charge is 0.375 e. The molecule has 1 aromatic heterocycles. The van der Waals surface area contributed by atoms with E-state index in [-0.39, 0.29) is 0 Å². The summed E-state index contributed by atoms with van der Waals surface area (Å²) in [5, 5.41) is 9.09. The summed E-state index contributed by atoms with van der Waals surface area (Å²) in [6.45, 7) is 5.83. The molecule has 0 N–H and O–H groups in total. The Balaban J connectivity index is 2.64. The highest BCUT2D eigenvalue weighted by Gasteiger charge is 2.14. The van der Waals surface area contributed by atoms with Gasteiger partial charge in [0.2, 0.25) is 0 Å². The van der Waals surface area contributed by atoms with Crippen LogP contribution in [-0.4, -0.2) is 30.7 Å². The second kappa shape index (κ2) is 7.37. The normalized spacial score (nSPS) is 11.4. The summed E-state index contributed by atoms with van der Waals surface area (Å²) in [6, 6.07) is 13.9. The van der Waals surface area contributed by atoms with Crippen molar-refractivity contribution < 1.29 is 0 Å². The number of hydrogen-bond donors (Lipinski definition) is 0. The molecule has 0 spiro atoms. The molecule has 0 aliphatic rings. The van der Waals surface area contributed by atoms with Crippen molar-refractivity contribution in [2.24, 2.45) is 4.99 Å². The third-order valence-electron chi connectivity index (χ3n) is 3.60. The highest BCUT2D eigenvalue weighted by molar-refractivity contribution is 5.89. The van der Waals surface area contributed by atoms with E-state index < -0.39 is 0 Å². The standard InChI is InChI=1S/C19H20N4/c1-5-14-6-8-16(9-7-14)19(23(3)4)18(21-2)17-12-15(13-20)10-11-22-17/h6-12H,2,5H2,1,3-4H3/b19-18-. The fourth-order valence-electron chi connectivity index (χ4n) is 2.41. The second-order valence-electron chi connectivity index (χ2n) is 5.34. The number of rotatable bonds is 5. The first kappa shape index (κ1) is 16.4. The Morgan fingerprint density at radius 3 is 2.48 bits per heavy atom. The van der Waals surface area contributed by atoms with Crippen LogP contribution < -0.4 is 0 Å². The van der Waals surface area contributed by atoms with E-state index in [4.69, 9.17) is 5.26 Å². The Labute approximate surface area is 137 Å². The Kier molecular flexibility index (Phi) is 5.27. The summed E-state index contributed by atoms with van der Waals surface area (Å²) in [5.41, 5.74) is 5.10. The number of nitriles is 1. The summed E-state index contributed by atoms with van der Waals surface area (Å²) < 4.78 is 0. The maximum Gasteiger partial charge on any atom is 0.112 e. The minimum Gasteiger partial charge on any atom is -0.375 e. The topological polar surface area (TPSA) is 52.3 Å². The lowest BCUT2D eigenvalue weighted by Crippen LogP contribution is -2.12. The zero-order valence-electron chi connectivity index (χ0n) is 13.7. The molecule has 0 aliphatic carbocycles. The van der Waals surface area contributed by atoms with Gasteiger partial charge in [-0.25, -0.2) is 0 Å². The minimum atomic E-state index is 0.551. The summed E-state index contributed by atoms with van der Waals surface area (Å²) in [6.07, 6.45) is 2.62. The molecule has 0 bridgehead atoms. The van der Waals surface area contributed by atoms with Crippen LogP contribution in [0.3, 0.4) is 0 Å². The fraction of sp³-hybridized carbons (Fsp3) is 0.211. The highest BCUT2D eigenvalue weighted by atomic mass is 15.1. The summed E-state index contributed by atoms with van der Waals surface area (Å²) in [7, 11) is 3.92. The van der Waals surface area contributed by atoms with Crippen molar-refractivity contribution in [2.45, 2.75) is 13.3 Å². The zero-order valence-corrected chi connectivity index (χ0v) is 13.7. The van der Waals surface area contributed by atoms with Gasteiger partial charge in [0.05, 0.1) is 23.0 Å². The summed E-state index contributed by atoms with van der Waals surface area (Å²) in [4.78, 5) is 10.5. The van der Waals surface area contributed by atoms with Crippen molar-refractivity contribution in [3.8, 4) is 6.07 Å². The van der Waals surface area contributed by atoms with Crippen LogP contribution in [0.4, 0.5) is 0 Å². The average Bonchev–Trinajstić information content (AvgIpc) is 2.59. The lowest BCUT2D eigenvalue weighted by Gasteiger charge is -2.20. The molecule has 0 unspecified atom stereocenters. The number of benzene rings is 1. The smallest absolute Gasteiger partial charge is 0.112 e. The van der Waals surface area contributed by atoms with Crippen molar-refractivity contribution >= 4 is 18.1 Å². The molecular weight excluding hydrogens is 284 g/mol. The Morgan fingerprint density at radius 2 is 1.96 bits per heavy atom. The molecular formula is C19H20N4. The van der Waals surface area contributed by atoms with E-state index in [0.29, 0.717) is 17.0 Å². The van der Waals surface area contributed by atoms with Crippen molar-refractivity contribution in [1.82, 2.24) is 9.88 Å². The maximum atomic E-state index is 9.09. The molecule has 0 atom stereocenters. The lowest BCUT2D eigenvalue weighted by atomic mass is 10.0. The predicted octanol–water partition coefficient (Wildman–Crippen LogP) is 3.60. The Hall–Kier alpha value is -2.93. The van der Waals surface area contributed by atoms with Crippen LogP contribution in [0.1, 0.15) is 29.3 Å². The van der Waals surface area contributed by atoms with E-state index in [0.717, 1.165) is 17.7 Å². The number of hydrogen-bond acceptors (Lipinski definition) is 4. The van der Waals surface area contributed by atoms with E-state index in [9.17, 15) is 0 Å². The van der Waals surface area contributed by atoms with Crippen LogP contribution in [0.15, 0.2) is 47.6 Å². The van der Waals surface area contributed by atoms with Crippen LogP contribution in [0.2, 0.25) is 0 Å². The SMILES string of the molecule is C=N/C(=C(/c1ccc(CC)cc1)N(C)C)c1cc(C#N)ccn1. The summed E-state index contributed by atoms with van der Waals surface area (Å²) >= 11 is 0. The highest BCUT2D eigenvalue weighted by Crippen LogP contribution is 2.28. The van der Waals surface area contributed by atoms with Crippen molar-refractivity contribution in [3.05, 3.63) is 65.0 Å². The Morgan fingerprint density at radius 1 is 1.26 bits per heavy atom. The van der Waals surface area contributed by atoms with Gasteiger partial charge >= 0.3 is 0 Å². The van der Waals surface area contributed by atoms with Gasteiger partial charge in [0.1, 0.15) is 5.70 Å². The molecule has 1 heterocycles. The molecule has 0 fully saturated rings. The van der Waals surface area contributed by atoms with Gasteiger partial charge in [-0.3, -0.25) is 9.98 Å². The molecule has 4 heteroatoms. The molecule has 116 valence electrons. The number of aliphatic imine (C=N–C) groups is 1.